The van der Waals surface area contributed by atoms with Crippen molar-refractivity contribution in [1.29, 1.82) is 0 Å². The van der Waals surface area contributed by atoms with Gasteiger partial charge in [-0.2, -0.15) is 0 Å². The Kier molecular flexibility index (Phi) is 6.68. The van der Waals surface area contributed by atoms with Crippen LogP contribution in [0.4, 0.5) is 0 Å². The second-order valence-corrected chi connectivity index (χ2v) is 4.56. The first kappa shape index (κ1) is 13.7. The van der Waals surface area contributed by atoms with Crippen molar-refractivity contribution in [1.82, 2.24) is 10.6 Å². The molecule has 0 aromatic carbocycles. The van der Waals surface area contributed by atoms with E-state index in [-0.39, 0.29) is 0 Å². The summed E-state index contributed by atoms with van der Waals surface area (Å²) in [5.41, 5.74) is 0. The molecule has 5 heteroatoms. The molecule has 1 aliphatic heterocycles. The number of hydrogen-bond acceptors (Lipinski definition) is 3. The van der Waals surface area contributed by atoms with E-state index in [0.717, 1.165) is 44.1 Å². The lowest BCUT2D eigenvalue weighted by atomic mass is 10.0. The van der Waals surface area contributed by atoms with E-state index in [0.29, 0.717) is 12.1 Å². The third-order valence-corrected chi connectivity index (χ3v) is 2.89. The molecule has 2 unspecified atom stereocenters. The van der Waals surface area contributed by atoms with E-state index in [4.69, 9.17) is 21.7 Å². The van der Waals surface area contributed by atoms with Gasteiger partial charge >= 0.3 is 0 Å². The minimum absolute atomic E-state index is 0.336. The molecule has 0 radical (unpaired) electrons. The Balaban J connectivity index is 2.08. The smallest absolute Gasteiger partial charge is 0.166 e. The largest absolute Gasteiger partial charge is 0.385 e. The van der Waals surface area contributed by atoms with Gasteiger partial charge in [-0.25, -0.2) is 0 Å². The molecule has 2 N–H and O–H groups in total. The molecule has 0 bridgehead atoms. The molecule has 4 nitrogen and oxygen atoms in total. The monoisotopic (exact) mass is 246 g/mol. The maximum Gasteiger partial charge on any atom is 0.166 e. The summed E-state index contributed by atoms with van der Waals surface area (Å²) in [6, 6.07) is 0.450. The molecule has 0 aromatic heterocycles. The Labute approximate surface area is 103 Å². The van der Waals surface area contributed by atoms with Crippen LogP contribution in [-0.4, -0.2) is 44.1 Å². The summed E-state index contributed by atoms with van der Waals surface area (Å²) in [6.07, 6.45) is 3.37. The zero-order chi connectivity index (χ0) is 11.8. The van der Waals surface area contributed by atoms with E-state index < -0.39 is 0 Å². The molecule has 0 aromatic rings. The van der Waals surface area contributed by atoms with Crippen molar-refractivity contribution < 1.29 is 9.47 Å². The van der Waals surface area contributed by atoms with Gasteiger partial charge in [-0.1, -0.05) is 0 Å². The van der Waals surface area contributed by atoms with Gasteiger partial charge in [-0.05, 0) is 38.4 Å². The summed E-state index contributed by atoms with van der Waals surface area (Å²) in [7, 11) is 1.71. The fourth-order valence-corrected chi connectivity index (χ4v) is 2.05. The van der Waals surface area contributed by atoms with Crippen molar-refractivity contribution in [2.75, 3.05) is 26.9 Å². The van der Waals surface area contributed by atoms with Crippen molar-refractivity contribution in [3.05, 3.63) is 0 Å². The van der Waals surface area contributed by atoms with Gasteiger partial charge in [0.05, 0.1) is 6.10 Å². The van der Waals surface area contributed by atoms with Gasteiger partial charge in [0.2, 0.25) is 0 Å². The zero-order valence-electron chi connectivity index (χ0n) is 10.1. The molecule has 0 saturated carbocycles. The van der Waals surface area contributed by atoms with Crippen LogP contribution in [-0.2, 0) is 9.47 Å². The van der Waals surface area contributed by atoms with Gasteiger partial charge in [0, 0.05) is 32.9 Å². The number of hydrogen-bond donors (Lipinski definition) is 2. The van der Waals surface area contributed by atoms with Crippen molar-refractivity contribution in [3.63, 3.8) is 0 Å². The topological polar surface area (TPSA) is 42.5 Å². The van der Waals surface area contributed by atoms with E-state index in [1.807, 2.05) is 0 Å². The third-order valence-electron chi connectivity index (χ3n) is 2.63. The lowest BCUT2D eigenvalue weighted by molar-refractivity contribution is 0.0166. The van der Waals surface area contributed by atoms with E-state index in [9.17, 15) is 0 Å². The highest BCUT2D eigenvalue weighted by molar-refractivity contribution is 7.80. The summed E-state index contributed by atoms with van der Waals surface area (Å²) in [6.45, 7) is 4.55. The third kappa shape index (κ3) is 5.63. The summed E-state index contributed by atoms with van der Waals surface area (Å²) >= 11 is 5.22. The molecule has 2 atom stereocenters. The molecular weight excluding hydrogens is 224 g/mol. The molecule has 1 saturated heterocycles. The highest BCUT2D eigenvalue weighted by Crippen LogP contribution is 2.12. The van der Waals surface area contributed by atoms with Gasteiger partial charge in [-0.15, -0.1) is 0 Å². The summed E-state index contributed by atoms with van der Waals surface area (Å²) in [5, 5.41) is 7.25. The highest BCUT2D eigenvalue weighted by atomic mass is 32.1. The Morgan fingerprint density at radius 2 is 2.38 bits per heavy atom. The van der Waals surface area contributed by atoms with E-state index in [1.165, 1.54) is 0 Å². The summed E-state index contributed by atoms with van der Waals surface area (Å²) < 4.78 is 10.4. The molecule has 16 heavy (non-hydrogen) atoms. The minimum Gasteiger partial charge on any atom is -0.385 e. The summed E-state index contributed by atoms with van der Waals surface area (Å²) in [5.74, 6) is 0. The van der Waals surface area contributed by atoms with Crippen molar-refractivity contribution in [2.45, 2.75) is 38.3 Å². The number of ether oxygens (including phenoxy) is 2. The van der Waals surface area contributed by atoms with E-state index >= 15 is 0 Å². The van der Waals surface area contributed by atoms with Gasteiger partial charge in [0.15, 0.2) is 5.11 Å². The van der Waals surface area contributed by atoms with Crippen molar-refractivity contribution >= 4 is 17.3 Å². The van der Waals surface area contributed by atoms with Gasteiger partial charge in [0.1, 0.15) is 0 Å². The molecular formula is C11H22N2O2S. The van der Waals surface area contributed by atoms with Crippen LogP contribution < -0.4 is 10.6 Å². The molecule has 94 valence electrons. The summed E-state index contributed by atoms with van der Waals surface area (Å²) in [4.78, 5) is 0. The van der Waals surface area contributed by atoms with Crippen LogP contribution in [0.2, 0.25) is 0 Å². The fraction of sp³-hybridized carbons (Fsp3) is 0.909. The number of nitrogens with one attached hydrogen (secondary N) is 2. The second kappa shape index (κ2) is 7.81. The average Bonchev–Trinajstić information content (AvgIpc) is 2.24. The Morgan fingerprint density at radius 3 is 3.06 bits per heavy atom. The predicted molar refractivity (Wildman–Crippen MR) is 68.7 cm³/mol. The van der Waals surface area contributed by atoms with Crippen LogP contribution in [0, 0.1) is 0 Å². The first-order valence-electron chi connectivity index (χ1n) is 5.87. The van der Waals surface area contributed by atoms with Crippen molar-refractivity contribution in [3.8, 4) is 0 Å². The SMILES string of the molecule is COCCCNC(=S)NC1CCOC(C)C1. The lowest BCUT2D eigenvalue weighted by Crippen LogP contribution is -2.46. The minimum atomic E-state index is 0.336. The zero-order valence-corrected chi connectivity index (χ0v) is 10.9. The van der Waals surface area contributed by atoms with Crippen LogP contribution in [0.1, 0.15) is 26.2 Å². The molecule has 1 rings (SSSR count). The first-order chi connectivity index (χ1) is 7.72. The van der Waals surface area contributed by atoms with E-state index in [2.05, 4.69) is 17.6 Å². The van der Waals surface area contributed by atoms with Gasteiger partial charge in [0.25, 0.3) is 0 Å². The molecule has 0 spiro atoms. The van der Waals surface area contributed by atoms with Crippen LogP contribution in [0.15, 0.2) is 0 Å². The lowest BCUT2D eigenvalue weighted by Gasteiger charge is -2.28. The fourth-order valence-electron chi connectivity index (χ4n) is 1.78. The Bertz CT molecular complexity index is 214. The maximum absolute atomic E-state index is 5.48. The van der Waals surface area contributed by atoms with Crippen molar-refractivity contribution in [2.24, 2.45) is 0 Å². The highest BCUT2D eigenvalue weighted by Gasteiger charge is 2.19. The number of thiocarbonyl (C=S) groups is 1. The molecule has 1 aliphatic rings. The molecule has 1 heterocycles. The number of rotatable bonds is 5. The van der Waals surface area contributed by atoms with E-state index in [1.54, 1.807) is 7.11 Å². The molecule has 0 aliphatic carbocycles. The van der Waals surface area contributed by atoms with Crippen LogP contribution in [0.25, 0.3) is 0 Å². The van der Waals surface area contributed by atoms with Gasteiger partial charge < -0.3 is 20.1 Å². The standard InChI is InChI=1S/C11H22N2O2S/c1-9-8-10(4-7-15-9)13-11(16)12-5-3-6-14-2/h9-10H,3-8H2,1-2H3,(H2,12,13,16). The quantitative estimate of drug-likeness (QED) is 0.561. The Hall–Kier alpha value is -0.390. The number of methoxy groups -OCH3 is 1. The Morgan fingerprint density at radius 1 is 1.56 bits per heavy atom. The van der Waals surface area contributed by atoms with Gasteiger partial charge in [-0.3, -0.25) is 0 Å². The normalized spacial score (nSPS) is 25.1. The van der Waals surface area contributed by atoms with Crippen LogP contribution >= 0.6 is 12.2 Å². The maximum atomic E-state index is 5.48. The van der Waals surface area contributed by atoms with Crippen LogP contribution in [0.3, 0.4) is 0 Å². The van der Waals surface area contributed by atoms with Crippen LogP contribution in [0.5, 0.6) is 0 Å². The molecule has 1 fully saturated rings. The second-order valence-electron chi connectivity index (χ2n) is 4.15. The average molecular weight is 246 g/mol. The predicted octanol–water partition coefficient (Wildman–Crippen LogP) is 1.05. The molecule has 0 amide bonds. The first-order valence-corrected chi connectivity index (χ1v) is 6.28.